The third kappa shape index (κ3) is 6.13. The molecular formula is C29H39N3O2. The molecular weight excluding hydrogens is 422 g/mol. The van der Waals surface area contributed by atoms with Crippen LogP contribution >= 0.6 is 0 Å². The zero-order valence-electron chi connectivity index (χ0n) is 21.2. The molecule has 0 spiro atoms. The van der Waals surface area contributed by atoms with Crippen LogP contribution in [0.25, 0.3) is 16.6 Å². The van der Waals surface area contributed by atoms with E-state index in [0.29, 0.717) is 29.7 Å². The van der Waals surface area contributed by atoms with Crippen LogP contribution in [0.15, 0.2) is 53.3 Å². The Morgan fingerprint density at radius 2 is 1.71 bits per heavy atom. The van der Waals surface area contributed by atoms with Crippen LogP contribution in [0.3, 0.4) is 0 Å². The summed E-state index contributed by atoms with van der Waals surface area (Å²) in [5, 5.41) is 0.586. The second-order valence-corrected chi connectivity index (χ2v) is 9.25. The average molecular weight is 462 g/mol. The van der Waals surface area contributed by atoms with Crippen molar-refractivity contribution in [3.63, 3.8) is 0 Å². The predicted octanol–water partition coefficient (Wildman–Crippen LogP) is 6.74. The number of benzene rings is 2. The van der Waals surface area contributed by atoms with Gasteiger partial charge in [0.2, 0.25) is 5.91 Å². The van der Waals surface area contributed by atoms with Gasteiger partial charge in [-0.2, -0.15) is 0 Å². The van der Waals surface area contributed by atoms with Gasteiger partial charge in [-0.1, -0.05) is 70.2 Å². The lowest BCUT2D eigenvalue weighted by atomic mass is 10.1. The molecule has 0 aliphatic carbocycles. The Balaban J connectivity index is 2.07. The number of hydrogen-bond donors (Lipinski definition) is 0. The van der Waals surface area contributed by atoms with Gasteiger partial charge in [-0.15, -0.1) is 0 Å². The van der Waals surface area contributed by atoms with Crippen molar-refractivity contribution in [1.82, 2.24) is 14.5 Å². The number of para-hydroxylation sites is 1. The van der Waals surface area contributed by atoms with Gasteiger partial charge in [0.25, 0.3) is 5.56 Å². The van der Waals surface area contributed by atoms with E-state index in [2.05, 4.69) is 13.8 Å². The topological polar surface area (TPSA) is 55.2 Å². The number of unbranched alkanes of at least 4 members (excludes halogenated alkanes) is 5. The zero-order valence-corrected chi connectivity index (χ0v) is 21.2. The van der Waals surface area contributed by atoms with Gasteiger partial charge in [-0.25, -0.2) is 4.98 Å². The fraction of sp³-hybridized carbons (Fsp3) is 0.483. The molecule has 0 saturated carbocycles. The van der Waals surface area contributed by atoms with E-state index < -0.39 is 0 Å². The van der Waals surface area contributed by atoms with Gasteiger partial charge in [-0.3, -0.25) is 14.2 Å². The maximum Gasteiger partial charge on any atom is 0.266 e. The summed E-state index contributed by atoms with van der Waals surface area (Å²) in [6, 6.07) is 15.1. The molecule has 0 bridgehead atoms. The van der Waals surface area contributed by atoms with Crippen LogP contribution in [0.2, 0.25) is 0 Å². The lowest BCUT2D eigenvalue weighted by molar-refractivity contribution is -0.133. The molecule has 182 valence electrons. The number of rotatable bonds is 12. The molecule has 34 heavy (non-hydrogen) atoms. The van der Waals surface area contributed by atoms with Crippen LogP contribution in [0.4, 0.5) is 0 Å². The number of aryl methyl sites for hydroxylation is 1. The van der Waals surface area contributed by atoms with Crippen molar-refractivity contribution in [1.29, 1.82) is 0 Å². The average Bonchev–Trinajstić information content (AvgIpc) is 2.84. The van der Waals surface area contributed by atoms with Gasteiger partial charge in [0, 0.05) is 13.0 Å². The quantitative estimate of drug-likeness (QED) is 0.281. The summed E-state index contributed by atoms with van der Waals surface area (Å²) in [6.45, 7) is 9.05. The standard InChI is InChI=1S/C29H39N3O2/c1-5-7-9-10-19-27(33)31(20-13-8-6-2)23(4)28-30-26-18-12-11-17-25(26)29(34)32(28)24-16-14-15-22(3)21-24/h11-12,14-18,21,23H,5-10,13,19-20H2,1-4H3. The van der Waals surface area contributed by atoms with Crippen LogP contribution in [0.1, 0.15) is 89.6 Å². The van der Waals surface area contributed by atoms with Gasteiger partial charge in [0.05, 0.1) is 22.6 Å². The Hall–Kier alpha value is -2.95. The smallest absolute Gasteiger partial charge is 0.266 e. The van der Waals surface area contributed by atoms with E-state index in [9.17, 15) is 9.59 Å². The molecule has 0 radical (unpaired) electrons. The summed E-state index contributed by atoms with van der Waals surface area (Å²) in [6.07, 6.45) is 7.92. The summed E-state index contributed by atoms with van der Waals surface area (Å²) in [7, 11) is 0. The lowest BCUT2D eigenvalue weighted by Crippen LogP contribution is -2.38. The van der Waals surface area contributed by atoms with Crippen LogP contribution in [-0.4, -0.2) is 26.9 Å². The van der Waals surface area contributed by atoms with E-state index in [-0.39, 0.29) is 17.5 Å². The van der Waals surface area contributed by atoms with Crippen molar-refractivity contribution in [2.45, 2.75) is 85.1 Å². The molecule has 2 aromatic carbocycles. The first-order valence-electron chi connectivity index (χ1n) is 12.9. The molecule has 0 fully saturated rings. The first-order valence-corrected chi connectivity index (χ1v) is 12.9. The van der Waals surface area contributed by atoms with Crippen molar-refractivity contribution in [2.75, 3.05) is 6.54 Å². The maximum atomic E-state index is 13.7. The van der Waals surface area contributed by atoms with Crippen molar-refractivity contribution >= 4 is 16.8 Å². The van der Waals surface area contributed by atoms with Crippen LogP contribution in [0.5, 0.6) is 0 Å². The summed E-state index contributed by atoms with van der Waals surface area (Å²) < 4.78 is 1.71. The monoisotopic (exact) mass is 461 g/mol. The minimum Gasteiger partial charge on any atom is -0.333 e. The largest absolute Gasteiger partial charge is 0.333 e. The van der Waals surface area contributed by atoms with Gasteiger partial charge in [0.15, 0.2) is 0 Å². The second-order valence-electron chi connectivity index (χ2n) is 9.25. The fourth-order valence-electron chi connectivity index (χ4n) is 4.50. The number of nitrogens with zero attached hydrogens (tertiary/aromatic N) is 3. The van der Waals surface area contributed by atoms with Gasteiger partial charge < -0.3 is 4.90 Å². The van der Waals surface area contributed by atoms with Gasteiger partial charge in [0.1, 0.15) is 5.82 Å². The highest BCUT2D eigenvalue weighted by Crippen LogP contribution is 2.25. The molecule has 1 amide bonds. The van der Waals surface area contributed by atoms with Crippen molar-refractivity contribution < 1.29 is 4.79 Å². The van der Waals surface area contributed by atoms with Crippen molar-refractivity contribution in [2.24, 2.45) is 0 Å². The second kappa shape index (κ2) is 12.5. The number of amides is 1. The first-order chi connectivity index (χ1) is 16.5. The van der Waals surface area contributed by atoms with E-state index in [1.54, 1.807) is 4.57 Å². The van der Waals surface area contributed by atoms with E-state index in [0.717, 1.165) is 56.2 Å². The lowest BCUT2D eigenvalue weighted by Gasteiger charge is -2.31. The van der Waals surface area contributed by atoms with Gasteiger partial charge >= 0.3 is 0 Å². The molecule has 3 aromatic rings. The molecule has 1 heterocycles. The highest BCUT2D eigenvalue weighted by atomic mass is 16.2. The van der Waals surface area contributed by atoms with E-state index >= 15 is 0 Å². The SMILES string of the molecule is CCCCCCC(=O)N(CCCCC)C(C)c1nc2ccccc2c(=O)n1-c1cccc(C)c1. The van der Waals surface area contributed by atoms with Crippen LogP contribution in [-0.2, 0) is 4.79 Å². The number of carbonyl (C=O) groups excluding carboxylic acids is 1. The molecule has 5 heteroatoms. The summed E-state index contributed by atoms with van der Waals surface area (Å²) in [5.74, 6) is 0.769. The maximum absolute atomic E-state index is 13.7. The number of fused-ring (bicyclic) bond motifs is 1. The summed E-state index contributed by atoms with van der Waals surface area (Å²) >= 11 is 0. The minimum atomic E-state index is -0.312. The predicted molar refractivity (Wildman–Crippen MR) is 140 cm³/mol. The third-order valence-corrected chi connectivity index (χ3v) is 6.47. The van der Waals surface area contributed by atoms with Crippen molar-refractivity contribution in [3.05, 3.63) is 70.3 Å². The number of aromatic nitrogens is 2. The molecule has 0 saturated heterocycles. The van der Waals surface area contributed by atoms with E-state index in [4.69, 9.17) is 4.98 Å². The molecule has 0 N–H and O–H groups in total. The molecule has 1 atom stereocenters. The molecule has 5 nitrogen and oxygen atoms in total. The molecule has 1 unspecified atom stereocenters. The Bertz CT molecular complexity index is 1150. The van der Waals surface area contributed by atoms with Crippen LogP contribution in [0, 0.1) is 6.92 Å². The van der Waals surface area contributed by atoms with Gasteiger partial charge in [-0.05, 0) is 56.5 Å². The minimum absolute atomic E-state index is 0.0954. The Morgan fingerprint density at radius 3 is 2.44 bits per heavy atom. The normalized spacial score (nSPS) is 12.1. The molecule has 3 rings (SSSR count). The summed E-state index contributed by atoms with van der Waals surface area (Å²) in [5.41, 5.74) is 2.43. The summed E-state index contributed by atoms with van der Waals surface area (Å²) in [4.78, 5) is 34.0. The van der Waals surface area contributed by atoms with Crippen LogP contribution < -0.4 is 5.56 Å². The molecule has 1 aromatic heterocycles. The molecule has 0 aliphatic heterocycles. The Labute approximate surface area is 203 Å². The highest BCUT2D eigenvalue weighted by molar-refractivity contribution is 5.79. The third-order valence-electron chi connectivity index (χ3n) is 6.47. The fourth-order valence-corrected chi connectivity index (χ4v) is 4.50. The number of carbonyl (C=O) groups is 1. The highest BCUT2D eigenvalue weighted by Gasteiger charge is 2.26. The van der Waals surface area contributed by atoms with Crippen molar-refractivity contribution in [3.8, 4) is 5.69 Å². The van der Waals surface area contributed by atoms with E-state index in [1.165, 1.54) is 0 Å². The molecule has 0 aliphatic rings. The Kier molecular flexibility index (Phi) is 9.43. The number of hydrogen-bond acceptors (Lipinski definition) is 3. The first kappa shape index (κ1) is 25.7. The Morgan fingerprint density at radius 1 is 0.971 bits per heavy atom. The zero-order chi connectivity index (χ0) is 24.5. The van der Waals surface area contributed by atoms with E-state index in [1.807, 2.05) is 67.3 Å².